The van der Waals surface area contributed by atoms with Crippen molar-refractivity contribution in [3.63, 3.8) is 0 Å². The van der Waals surface area contributed by atoms with Crippen molar-refractivity contribution in [3.8, 4) is 0 Å². The number of rotatable bonds is 3. The maximum absolute atomic E-state index is 6.17. The summed E-state index contributed by atoms with van der Waals surface area (Å²) >= 11 is 19.5. The fourth-order valence-electron chi connectivity index (χ4n) is 2.06. The van der Waals surface area contributed by atoms with Gasteiger partial charge in [0.1, 0.15) is 11.8 Å². The number of para-hydroxylation sites is 1. The van der Waals surface area contributed by atoms with Gasteiger partial charge in [-0.05, 0) is 18.2 Å². The molecule has 0 amide bonds. The molecule has 3 nitrogen and oxygen atoms in total. The zero-order chi connectivity index (χ0) is 14.3. The second kappa shape index (κ2) is 5.56. The first-order valence-corrected chi connectivity index (χ1v) is 7.64. The number of nitrogens with two attached hydrogens (primary N) is 1. The van der Waals surface area contributed by atoms with Gasteiger partial charge < -0.3 is 4.42 Å². The van der Waals surface area contributed by atoms with E-state index in [1.54, 1.807) is 12.1 Å². The van der Waals surface area contributed by atoms with Crippen LogP contribution in [0.25, 0.3) is 11.0 Å². The molecule has 2 aromatic heterocycles. The normalized spacial score (nSPS) is 13.0. The molecular formula is C13H9Cl3N2OS. The molecule has 0 bridgehead atoms. The molecule has 3 N–H and O–H groups in total. The lowest BCUT2D eigenvalue weighted by Crippen LogP contribution is -2.28. The SMILES string of the molecule is NNC(c1cc2cccc(Cl)c2o1)c1cc(Cl)sc1Cl. The molecule has 7 heteroatoms. The van der Waals surface area contributed by atoms with Crippen LogP contribution in [0.1, 0.15) is 17.4 Å². The van der Waals surface area contributed by atoms with Gasteiger partial charge in [0.2, 0.25) is 0 Å². The van der Waals surface area contributed by atoms with Crippen LogP contribution in [0, 0.1) is 0 Å². The second-order valence-corrected chi connectivity index (χ2v) is 6.88. The Morgan fingerprint density at radius 1 is 1.20 bits per heavy atom. The van der Waals surface area contributed by atoms with Crippen LogP contribution < -0.4 is 11.3 Å². The number of hydrogen-bond acceptors (Lipinski definition) is 4. The Balaban J connectivity index is 2.12. The topological polar surface area (TPSA) is 51.2 Å². The van der Waals surface area contributed by atoms with Crippen molar-refractivity contribution in [2.45, 2.75) is 6.04 Å². The Morgan fingerprint density at radius 3 is 2.60 bits per heavy atom. The fourth-order valence-corrected chi connectivity index (χ4v) is 3.82. The van der Waals surface area contributed by atoms with Crippen molar-refractivity contribution in [1.29, 1.82) is 0 Å². The molecule has 0 aliphatic rings. The van der Waals surface area contributed by atoms with E-state index in [0.29, 0.717) is 25.0 Å². The zero-order valence-corrected chi connectivity index (χ0v) is 13.1. The van der Waals surface area contributed by atoms with Crippen LogP contribution in [0.5, 0.6) is 0 Å². The first-order chi connectivity index (χ1) is 9.60. The largest absolute Gasteiger partial charge is 0.457 e. The van der Waals surface area contributed by atoms with Crippen molar-refractivity contribution in [2.24, 2.45) is 5.84 Å². The summed E-state index contributed by atoms with van der Waals surface area (Å²) in [5.41, 5.74) is 4.10. The van der Waals surface area contributed by atoms with Gasteiger partial charge in [-0.1, -0.05) is 46.9 Å². The van der Waals surface area contributed by atoms with E-state index in [9.17, 15) is 0 Å². The third-order valence-electron chi connectivity index (χ3n) is 2.96. The maximum atomic E-state index is 6.17. The third-order valence-corrected chi connectivity index (χ3v) is 4.78. The van der Waals surface area contributed by atoms with Crippen molar-refractivity contribution >= 4 is 57.1 Å². The van der Waals surface area contributed by atoms with E-state index in [4.69, 9.17) is 45.1 Å². The van der Waals surface area contributed by atoms with Crippen LogP contribution in [0.15, 0.2) is 34.7 Å². The van der Waals surface area contributed by atoms with E-state index in [-0.39, 0.29) is 6.04 Å². The lowest BCUT2D eigenvalue weighted by Gasteiger charge is -2.12. The van der Waals surface area contributed by atoms with Gasteiger partial charge in [-0.25, -0.2) is 5.43 Å². The number of hydrazine groups is 1. The van der Waals surface area contributed by atoms with Gasteiger partial charge in [-0.3, -0.25) is 5.84 Å². The molecule has 0 aliphatic carbocycles. The molecule has 0 fully saturated rings. The third kappa shape index (κ3) is 2.44. The summed E-state index contributed by atoms with van der Waals surface area (Å²) < 4.78 is 6.97. The van der Waals surface area contributed by atoms with Crippen LogP contribution in [0.3, 0.4) is 0 Å². The number of nitrogens with one attached hydrogen (secondary N) is 1. The summed E-state index contributed by atoms with van der Waals surface area (Å²) in [4.78, 5) is 0. The highest BCUT2D eigenvalue weighted by atomic mass is 35.5. The zero-order valence-electron chi connectivity index (χ0n) is 9.99. The van der Waals surface area contributed by atoms with E-state index in [1.165, 1.54) is 11.3 Å². The Morgan fingerprint density at radius 2 is 2.00 bits per heavy atom. The maximum Gasteiger partial charge on any atom is 0.152 e. The van der Waals surface area contributed by atoms with Gasteiger partial charge in [0, 0.05) is 10.9 Å². The minimum Gasteiger partial charge on any atom is -0.457 e. The highest BCUT2D eigenvalue weighted by molar-refractivity contribution is 7.20. The van der Waals surface area contributed by atoms with Crippen molar-refractivity contribution < 1.29 is 4.42 Å². The second-order valence-electron chi connectivity index (χ2n) is 4.19. The number of benzene rings is 1. The Hall–Kier alpha value is -0.750. The summed E-state index contributed by atoms with van der Waals surface area (Å²) in [5, 5.41) is 1.46. The fraction of sp³-hybridized carbons (Fsp3) is 0.0769. The highest BCUT2D eigenvalue weighted by Crippen LogP contribution is 2.39. The Labute approximate surface area is 134 Å². The van der Waals surface area contributed by atoms with Gasteiger partial charge in [0.15, 0.2) is 5.58 Å². The van der Waals surface area contributed by atoms with Gasteiger partial charge >= 0.3 is 0 Å². The molecule has 0 aliphatic heterocycles. The molecule has 0 radical (unpaired) electrons. The summed E-state index contributed by atoms with van der Waals surface area (Å²) in [7, 11) is 0. The summed E-state index contributed by atoms with van der Waals surface area (Å²) in [6.07, 6.45) is 0. The minimum absolute atomic E-state index is 0.380. The van der Waals surface area contributed by atoms with Crippen LogP contribution >= 0.6 is 46.1 Å². The number of hydrogen-bond donors (Lipinski definition) is 2. The van der Waals surface area contributed by atoms with Crippen molar-refractivity contribution in [1.82, 2.24) is 5.43 Å². The number of fused-ring (bicyclic) bond motifs is 1. The average molecular weight is 348 g/mol. The summed E-state index contributed by atoms with van der Waals surface area (Å²) in [6.45, 7) is 0. The van der Waals surface area contributed by atoms with Crippen LogP contribution in [-0.4, -0.2) is 0 Å². The van der Waals surface area contributed by atoms with E-state index >= 15 is 0 Å². The van der Waals surface area contributed by atoms with Crippen molar-refractivity contribution in [2.75, 3.05) is 0 Å². The van der Waals surface area contributed by atoms with E-state index < -0.39 is 0 Å². The molecule has 20 heavy (non-hydrogen) atoms. The Bertz CT molecular complexity index is 768. The van der Waals surface area contributed by atoms with Gasteiger partial charge in [-0.15, -0.1) is 11.3 Å². The molecule has 0 saturated carbocycles. The molecule has 0 spiro atoms. The first-order valence-electron chi connectivity index (χ1n) is 5.69. The smallest absolute Gasteiger partial charge is 0.152 e. The molecule has 1 aromatic carbocycles. The Kier molecular flexibility index (Phi) is 3.95. The molecule has 104 valence electrons. The number of thiophene rings is 1. The van der Waals surface area contributed by atoms with E-state index in [1.807, 2.05) is 18.2 Å². The lowest BCUT2D eigenvalue weighted by atomic mass is 10.1. The molecule has 0 saturated heterocycles. The standard InChI is InChI=1S/C13H9Cl3N2OS/c14-8-3-1-2-6-4-9(19-12(6)8)11(18-17)7-5-10(15)20-13(7)16/h1-5,11,18H,17H2. The monoisotopic (exact) mass is 346 g/mol. The van der Waals surface area contributed by atoms with Gasteiger partial charge in [0.25, 0.3) is 0 Å². The quantitative estimate of drug-likeness (QED) is 0.517. The molecule has 1 atom stereocenters. The van der Waals surface area contributed by atoms with Crippen molar-refractivity contribution in [3.05, 3.63) is 55.4 Å². The molecule has 2 heterocycles. The van der Waals surface area contributed by atoms with E-state index in [2.05, 4.69) is 5.43 Å². The average Bonchev–Trinajstić information content (AvgIpc) is 2.96. The number of halogens is 3. The molecular weight excluding hydrogens is 339 g/mol. The van der Waals surface area contributed by atoms with Crippen LogP contribution in [0.4, 0.5) is 0 Å². The minimum atomic E-state index is -0.380. The van der Waals surface area contributed by atoms with E-state index in [0.717, 1.165) is 10.9 Å². The van der Waals surface area contributed by atoms with Gasteiger partial charge in [-0.2, -0.15) is 0 Å². The summed E-state index contributed by atoms with van der Waals surface area (Å²) in [6, 6.07) is 8.83. The summed E-state index contributed by atoms with van der Waals surface area (Å²) in [5.74, 6) is 6.27. The predicted molar refractivity (Wildman–Crippen MR) is 84.7 cm³/mol. The molecule has 1 unspecified atom stereocenters. The predicted octanol–water partition coefficient (Wildman–Crippen LogP) is 5.01. The van der Waals surface area contributed by atoms with Crippen LogP contribution in [0.2, 0.25) is 13.7 Å². The highest BCUT2D eigenvalue weighted by Gasteiger charge is 2.22. The van der Waals surface area contributed by atoms with Gasteiger partial charge in [0.05, 0.1) is 13.7 Å². The molecule has 3 rings (SSSR count). The first kappa shape index (κ1) is 14.2. The van der Waals surface area contributed by atoms with Crippen LogP contribution in [-0.2, 0) is 0 Å². The molecule has 3 aromatic rings. The lowest BCUT2D eigenvalue weighted by molar-refractivity contribution is 0.478. The number of furan rings is 1.